The van der Waals surface area contributed by atoms with E-state index in [2.05, 4.69) is 19.2 Å². The maximum absolute atomic E-state index is 9.34. The van der Waals surface area contributed by atoms with Crippen LogP contribution in [0.15, 0.2) is 0 Å². The van der Waals surface area contributed by atoms with E-state index in [0.717, 1.165) is 24.8 Å². The van der Waals surface area contributed by atoms with Gasteiger partial charge in [-0.1, -0.05) is 20.8 Å². The number of rotatable bonds is 5. The van der Waals surface area contributed by atoms with Crippen molar-refractivity contribution in [2.24, 2.45) is 11.8 Å². The third kappa shape index (κ3) is 3.28. The second-order valence-electron chi connectivity index (χ2n) is 4.64. The van der Waals surface area contributed by atoms with Crippen molar-refractivity contribution in [3.63, 3.8) is 0 Å². The molecule has 0 bridgehead atoms. The molecule has 1 saturated carbocycles. The van der Waals surface area contributed by atoms with Crippen molar-refractivity contribution in [3.05, 3.63) is 0 Å². The van der Waals surface area contributed by atoms with Gasteiger partial charge in [0.05, 0.1) is 6.10 Å². The van der Waals surface area contributed by atoms with E-state index in [1.807, 2.05) is 6.92 Å². The van der Waals surface area contributed by atoms with E-state index in [0.29, 0.717) is 6.04 Å². The van der Waals surface area contributed by atoms with Crippen molar-refractivity contribution < 1.29 is 5.11 Å². The highest BCUT2D eigenvalue weighted by atomic mass is 16.3. The van der Waals surface area contributed by atoms with E-state index in [4.69, 9.17) is 0 Å². The summed E-state index contributed by atoms with van der Waals surface area (Å²) in [6, 6.07) is 0.675. The van der Waals surface area contributed by atoms with E-state index in [9.17, 15) is 5.11 Å². The Morgan fingerprint density at radius 3 is 2.46 bits per heavy atom. The fourth-order valence-electron chi connectivity index (χ4n) is 1.82. The average Bonchev–Trinajstić information content (AvgIpc) is 2.00. The minimum absolute atomic E-state index is 0.155. The molecule has 0 spiro atoms. The Morgan fingerprint density at radius 1 is 1.38 bits per heavy atom. The van der Waals surface area contributed by atoms with Crippen LogP contribution < -0.4 is 5.32 Å². The lowest BCUT2D eigenvalue weighted by molar-refractivity contribution is 0.126. The predicted molar refractivity (Wildman–Crippen MR) is 55.7 cm³/mol. The van der Waals surface area contributed by atoms with Crippen LogP contribution in [0, 0.1) is 11.8 Å². The highest BCUT2D eigenvalue weighted by molar-refractivity contribution is 4.86. The lowest BCUT2D eigenvalue weighted by Crippen LogP contribution is -2.45. The standard InChI is InChI=1S/C11H23NO/c1-4-11(13)7-12-10-5-9(6-10)8(2)3/h8-13H,4-7H2,1-3H3. The topological polar surface area (TPSA) is 32.3 Å². The van der Waals surface area contributed by atoms with Crippen molar-refractivity contribution in [1.29, 1.82) is 0 Å². The number of hydrogen-bond acceptors (Lipinski definition) is 2. The van der Waals surface area contributed by atoms with Gasteiger partial charge in [0.2, 0.25) is 0 Å². The molecule has 0 amide bonds. The monoisotopic (exact) mass is 185 g/mol. The zero-order chi connectivity index (χ0) is 9.84. The summed E-state index contributed by atoms with van der Waals surface area (Å²) in [7, 11) is 0. The summed E-state index contributed by atoms with van der Waals surface area (Å²) < 4.78 is 0. The molecule has 1 aliphatic rings. The van der Waals surface area contributed by atoms with Gasteiger partial charge in [-0.25, -0.2) is 0 Å². The van der Waals surface area contributed by atoms with Gasteiger partial charge < -0.3 is 10.4 Å². The van der Waals surface area contributed by atoms with E-state index < -0.39 is 0 Å². The van der Waals surface area contributed by atoms with Gasteiger partial charge in [-0.2, -0.15) is 0 Å². The third-order valence-corrected chi connectivity index (χ3v) is 3.23. The maximum atomic E-state index is 9.34. The molecular weight excluding hydrogens is 162 g/mol. The quantitative estimate of drug-likeness (QED) is 0.684. The first-order valence-corrected chi connectivity index (χ1v) is 5.55. The van der Waals surface area contributed by atoms with Gasteiger partial charge in [0.25, 0.3) is 0 Å². The molecule has 2 nitrogen and oxygen atoms in total. The molecule has 0 heterocycles. The normalized spacial score (nSPS) is 30.2. The molecule has 1 rings (SSSR count). The van der Waals surface area contributed by atoms with Crippen molar-refractivity contribution in [1.82, 2.24) is 5.32 Å². The van der Waals surface area contributed by atoms with Crippen molar-refractivity contribution in [2.45, 2.75) is 52.2 Å². The molecular formula is C11H23NO. The van der Waals surface area contributed by atoms with Crippen LogP contribution in [0.25, 0.3) is 0 Å². The predicted octanol–water partition coefficient (Wildman–Crippen LogP) is 1.78. The Balaban J connectivity index is 2.02. The molecule has 0 aromatic heterocycles. The third-order valence-electron chi connectivity index (χ3n) is 3.23. The second kappa shape index (κ2) is 4.97. The molecule has 0 aliphatic heterocycles. The lowest BCUT2D eigenvalue weighted by Gasteiger charge is -2.39. The lowest BCUT2D eigenvalue weighted by atomic mass is 9.73. The molecule has 2 N–H and O–H groups in total. The Hall–Kier alpha value is -0.0800. The number of hydrogen-bond donors (Lipinski definition) is 2. The average molecular weight is 185 g/mol. The SMILES string of the molecule is CCC(O)CNC1CC(C(C)C)C1. The van der Waals surface area contributed by atoms with Crippen LogP contribution in [0.1, 0.15) is 40.0 Å². The van der Waals surface area contributed by atoms with Crippen LogP contribution >= 0.6 is 0 Å². The zero-order valence-electron chi connectivity index (χ0n) is 9.09. The first-order valence-electron chi connectivity index (χ1n) is 5.55. The molecule has 0 saturated heterocycles. The van der Waals surface area contributed by atoms with Crippen LogP contribution in [0.5, 0.6) is 0 Å². The van der Waals surface area contributed by atoms with Gasteiger partial charge in [-0.15, -0.1) is 0 Å². The van der Waals surface area contributed by atoms with Crippen LogP contribution in [0.4, 0.5) is 0 Å². The molecule has 1 fully saturated rings. The van der Waals surface area contributed by atoms with E-state index in [-0.39, 0.29) is 6.10 Å². The summed E-state index contributed by atoms with van der Waals surface area (Å²) in [5.41, 5.74) is 0. The highest BCUT2D eigenvalue weighted by Crippen LogP contribution is 2.33. The highest BCUT2D eigenvalue weighted by Gasteiger charge is 2.30. The van der Waals surface area contributed by atoms with Crippen LogP contribution in [-0.4, -0.2) is 23.8 Å². The molecule has 13 heavy (non-hydrogen) atoms. The van der Waals surface area contributed by atoms with Gasteiger partial charge in [-0.3, -0.25) is 0 Å². The molecule has 0 radical (unpaired) electrons. The first-order chi connectivity index (χ1) is 6.13. The summed E-state index contributed by atoms with van der Waals surface area (Å²) in [5.74, 6) is 1.74. The molecule has 1 unspecified atom stereocenters. The summed E-state index contributed by atoms with van der Waals surface area (Å²) >= 11 is 0. The van der Waals surface area contributed by atoms with Gasteiger partial charge >= 0.3 is 0 Å². The molecule has 0 aromatic rings. The Bertz CT molecular complexity index is 141. The molecule has 1 aliphatic carbocycles. The van der Waals surface area contributed by atoms with E-state index >= 15 is 0 Å². The van der Waals surface area contributed by atoms with Crippen LogP contribution in [0.3, 0.4) is 0 Å². The van der Waals surface area contributed by atoms with Crippen molar-refractivity contribution in [3.8, 4) is 0 Å². The van der Waals surface area contributed by atoms with Gasteiger partial charge in [0.15, 0.2) is 0 Å². The molecule has 0 aromatic carbocycles. The minimum Gasteiger partial charge on any atom is -0.392 e. The van der Waals surface area contributed by atoms with E-state index in [1.54, 1.807) is 0 Å². The summed E-state index contributed by atoms with van der Waals surface area (Å²) in [6.45, 7) is 7.37. The summed E-state index contributed by atoms with van der Waals surface area (Å²) in [4.78, 5) is 0. The molecule has 78 valence electrons. The summed E-state index contributed by atoms with van der Waals surface area (Å²) in [6.07, 6.45) is 3.30. The number of aliphatic hydroxyl groups excluding tert-OH is 1. The number of aliphatic hydroxyl groups is 1. The number of nitrogens with one attached hydrogen (secondary N) is 1. The Labute approximate surface area is 81.7 Å². The molecule has 2 heteroatoms. The zero-order valence-corrected chi connectivity index (χ0v) is 9.09. The smallest absolute Gasteiger partial charge is 0.0662 e. The second-order valence-corrected chi connectivity index (χ2v) is 4.64. The summed E-state index contributed by atoms with van der Waals surface area (Å²) in [5, 5.41) is 12.7. The van der Waals surface area contributed by atoms with Crippen LogP contribution in [-0.2, 0) is 0 Å². The molecule has 1 atom stereocenters. The largest absolute Gasteiger partial charge is 0.392 e. The van der Waals surface area contributed by atoms with Crippen LogP contribution in [0.2, 0.25) is 0 Å². The van der Waals surface area contributed by atoms with Gasteiger partial charge in [-0.05, 0) is 31.1 Å². The van der Waals surface area contributed by atoms with Gasteiger partial charge in [0.1, 0.15) is 0 Å². The van der Waals surface area contributed by atoms with Crippen molar-refractivity contribution in [2.75, 3.05) is 6.54 Å². The Kier molecular flexibility index (Phi) is 4.20. The Morgan fingerprint density at radius 2 is 2.00 bits per heavy atom. The van der Waals surface area contributed by atoms with Gasteiger partial charge in [0, 0.05) is 12.6 Å². The first kappa shape index (κ1) is 11.0. The minimum atomic E-state index is -0.155. The van der Waals surface area contributed by atoms with E-state index in [1.165, 1.54) is 12.8 Å². The fraction of sp³-hybridized carbons (Fsp3) is 1.00. The van der Waals surface area contributed by atoms with Crippen molar-refractivity contribution >= 4 is 0 Å². The maximum Gasteiger partial charge on any atom is 0.0662 e. The fourth-order valence-corrected chi connectivity index (χ4v) is 1.82.